The van der Waals surface area contributed by atoms with Crippen LogP contribution in [-0.4, -0.2) is 63.3 Å². The van der Waals surface area contributed by atoms with E-state index in [2.05, 4.69) is 20.7 Å². The minimum absolute atomic E-state index is 0.271. The molecule has 4 unspecified atom stereocenters. The Balaban J connectivity index is 1.95. The van der Waals surface area contributed by atoms with E-state index in [1.54, 1.807) is 20.8 Å². The Kier molecular flexibility index (Phi) is 8.69. The van der Waals surface area contributed by atoms with Crippen LogP contribution in [0, 0.1) is 11.7 Å². The maximum atomic E-state index is 15.8. The summed E-state index contributed by atoms with van der Waals surface area (Å²) in [4.78, 5) is 51.9. The second-order valence-electron chi connectivity index (χ2n) is 9.23. The number of rotatable bonds is 7. The lowest BCUT2D eigenvalue weighted by atomic mass is 9.89. The molecule has 192 valence electrons. The van der Waals surface area contributed by atoms with E-state index in [1.165, 1.54) is 12.1 Å². The largest absolute Gasteiger partial charge is 0.598 e. The average molecular weight is 578 g/mol. The molecule has 3 rings (SSSR count). The van der Waals surface area contributed by atoms with Gasteiger partial charge in [-0.1, -0.05) is 15.9 Å². The molecule has 2 aliphatic rings. The number of amides is 4. The Morgan fingerprint density at radius 1 is 1.29 bits per heavy atom. The molecule has 2 fully saturated rings. The normalized spacial score (nSPS) is 22.5. The average Bonchev–Trinajstić information content (AvgIpc) is 2.78. The number of nitrogens with one attached hydrogen (secondary N) is 2. The SMILES string of the molecule is CC(C)(C)[S+]([O-])NC(c1cc(Br)ccc1F)C(F)C(=O)C1C(=O)NC(=O)N(C2CCOCC2)C1=O. The molecule has 0 spiro atoms. The maximum Gasteiger partial charge on any atom is 0.331 e. The number of halogens is 3. The number of urea groups is 1. The summed E-state index contributed by atoms with van der Waals surface area (Å²) >= 11 is 1.21. The summed E-state index contributed by atoms with van der Waals surface area (Å²) < 4.78 is 50.4. The smallest absolute Gasteiger partial charge is 0.331 e. The fraction of sp³-hybridized carbons (Fsp3) is 0.545. The van der Waals surface area contributed by atoms with Gasteiger partial charge in [0.1, 0.15) is 16.6 Å². The van der Waals surface area contributed by atoms with Crippen molar-refractivity contribution in [2.45, 2.75) is 56.6 Å². The summed E-state index contributed by atoms with van der Waals surface area (Å²) in [5.74, 6) is -6.93. The molecule has 2 heterocycles. The number of hydrogen-bond donors (Lipinski definition) is 2. The third kappa shape index (κ3) is 6.08. The number of ketones is 1. The number of Topliss-reactive ketones (excluding diaryl/α,β-unsaturated/α-hetero) is 1. The van der Waals surface area contributed by atoms with Gasteiger partial charge in [-0.3, -0.25) is 24.6 Å². The van der Waals surface area contributed by atoms with E-state index in [9.17, 15) is 28.1 Å². The van der Waals surface area contributed by atoms with E-state index in [-0.39, 0.29) is 18.8 Å². The zero-order chi connectivity index (χ0) is 26.1. The van der Waals surface area contributed by atoms with Gasteiger partial charge in [-0.05, 0) is 51.8 Å². The van der Waals surface area contributed by atoms with Crippen LogP contribution >= 0.6 is 15.9 Å². The number of hydrogen-bond acceptors (Lipinski definition) is 7. The third-order valence-corrected chi connectivity index (χ3v) is 7.76. The topological polar surface area (TPSA) is 128 Å². The number of carbonyl (C=O) groups is 4. The number of barbiturate groups is 1. The van der Waals surface area contributed by atoms with Gasteiger partial charge in [0.15, 0.2) is 17.9 Å². The van der Waals surface area contributed by atoms with Gasteiger partial charge in [-0.2, -0.15) is 0 Å². The molecule has 0 bridgehead atoms. The molecule has 0 radical (unpaired) electrons. The molecule has 0 saturated carbocycles. The molecule has 1 aromatic carbocycles. The number of alkyl halides is 1. The Bertz CT molecular complexity index is 1020. The first kappa shape index (κ1) is 27.7. The van der Waals surface area contributed by atoms with Crippen molar-refractivity contribution in [3.05, 3.63) is 34.1 Å². The van der Waals surface area contributed by atoms with Gasteiger partial charge in [0, 0.05) is 40.7 Å². The van der Waals surface area contributed by atoms with E-state index >= 15 is 4.39 Å². The summed E-state index contributed by atoms with van der Waals surface area (Å²) in [5, 5.41) is 1.94. The van der Waals surface area contributed by atoms with Crippen molar-refractivity contribution in [3.8, 4) is 0 Å². The standard InChI is InChI=1S/C22H26BrF2N3O6S/c1-22(2,3)35(33)27-17(13-10-11(23)4-5-14(13)24)16(25)18(29)15-19(30)26-21(32)28(20(15)31)12-6-8-34-9-7-12/h4-5,10,12,15-17,27H,6-9H2,1-3H3,(H,26,30,32). The molecule has 1 aromatic rings. The highest BCUT2D eigenvalue weighted by Crippen LogP contribution is 2.31. The molecular weight excluding hydrogens is 552 g/mol. The van der Waals surface area contributed by atoms with E-state index < -0.39 is 69.7 Å². The number of imide groups is 2. The first-order valence-electron chi connectivity index (χ1n) is 10.9. The van der Waals surface area contributed by atoms with Crippen molar-refractivity contribution >= 4 is 50.9 Å². The highest BCUT2D eigenvalue weighted by atomic mass is 79.9. The fourth-order valence-corrected chi connectivity index (χ4v) is 4.99. The predicted octanol–water partition coefficient (Wildman–Crippen LogP) is 2.46. The van der Waals surface area contributed by atoms with Crippen molar-refractivity contribution in [1.29, 1.82) is 0 Å². The molecule has 2 saturated heterocycles. The van der Waals surface area contributed by atoms with Gasteiger partial charge in [-0.15, -0.1) is 4.72 Å². The summed E-state index contributed by atoms with van der Waals surface area (Å²) in [6, 6.07) is 0.217. The zero-order valence-electron chi connectivity index (χ0n) is 19.3. The lowest BCUT2D eigenvalue weighted by Gasteiger charge is -2.37. The van der Waals surface area contributed by atoms with Crippen LogP contribution in [0.15, 0.2) is 22.7 Å². The lowest BCUT2D eigenvalue weighted by molar-refractivity contribution is -0.151. The molecule has 2 aliphatic heterocycles. The highest BCUT2D eigenvalue weighted by Gasteiger charge is 2.51. The summed E-state index contributed by atoms with van der Waals surface area (Å²) in [6.45, 7) is 5.32. The highest BCUT2D eigenvalue weighted by molar-refractivity contribution is 9.10. The lowest BCUT2D eigenvalue weighted by Crippen LogP contribution is -2.64. The second kappa shape index (κ2) is 11.0. The van der Waals surface area contributed by atoms with E-state index in [0.717, 1.165) is 11.0 Å². The Morgan fingerprint density at radius 2 is 1.91 bits per heavy atom. The molecule has 2 N–H and O–H groups in total. The number of nitrogens with zero attached hydrogens (tertiary/aromatic N) is 1. The Hall–Kier alpha value is -1.93. The van der Waals surface area contributed by atoms with Gasteiger partial charge < -0.3 is 9.29 Å². The van der Waals surface area contributed by atoms with Crippen LogP contribution in [0.25, 0.3) is 0 Å². The minimum atomic E-state index is -2.64. The van der Waals surface area contributed by atoms with Crippen molar-refractivity contribution in [2.24, 2.45) is 5.92 Å². The summed E-state index contributed by atoms with van der Waals surface area (Å²) in [6.07, 6.45) is -2.05. The van der Waals surface area contributed by atoms with Crippen LogP contribution in [0.5, 0.6) is 0 Å². The quantitative estimate of drug-likeness (QED) is 0.376. The van der Waals surface area contributed by atoms with Gasteiger partial charge in [-0.25, -0.2) is 13.6 Å². The van der Waals surface area contributed by atoms with Gasteiger partial charge in [0.25, 0.3) is 5.91 Å². The number of benzene rings is 1. The van der Waals surface area contributed by atoms with Crippen LogP contribution in [-0.2, 0) is 30.5 Å². The maximum absolute atomic E-state index is 15.8. The van der Waals surface area contributed by atoms with Gasteiger partial charge >= 0.3 is 6.03 Å². The van der Waals surface area contributed by atoms with Crippen LogP contribution in [0.3, 0.4) is 0 Å². The minimum Gasteiger partial charge on any atom is -0.598 e. The third-order valence-electron chi connectivity index (χ3n) is 5.68. The Morgan fingerprint density at radius 3 is 2.51 bits per heavy atom. The second-order valence-corrected chi connectivity index (χ2v) is 12.1. The van der Waals surface area contributed by atoms with E-state index in [4.69, 9.17) is 4.74 Å². The van der Waals surface area contributed by atoms with Crippen LogP contribution in [0.4, 0.5) is 13.6 Å². The van der Waals surface area contributed by atoms with Gasteiger partial charge in [0.05, 0.1) is 0 Å². The van der Waals surface area contributed by atoms with Crippen molar-refractivity contribution < 1.29 is 37.2 Å². The molecule has 4 amide bonds. The van der Waals surface area contributed by atoms with E-state index in [0.29, 0.717) is 17.3 Å². The molecule has 0 aliphatic carbocycles. The molecule has 4 atom stereocenters. The first-order valence-corrected chi connectivity index (χ1v) is 12.8. The molecule has 13 heteroatoms. The molecule has 35 heavy (non-hydrogen) atoms. The van der Waals surface area contributed by atoms with Gasteiger partial charge in [0.2, 0.25) is 5.91 Å². The summed E-state index contributed by atoms with van der Waals surface area (Å²) in [7, 11) is 0. The van der Waals surface area contributed by atoms with Crippen molar-refractivity contribution in [1.82, 2.24) is 14.9 Å². The van der Waals surface area contributed by atoms with Crippen molar-refractivity contribution in [2.75, 3.05) is 13.2 Å². The number of carbonyl (C=O) groups excluding carboxylic acids is 4. The zero-order valence-corrected chi connectivity index (χ0v) is 21.7. The first-order chi connectivity index (χ1) is 16.3. The monoisotopic (exact) mass is 577 g/mol. The molecular formula is C22H26BrF2N3O6S. The summed E-state index contributed by atoms with van der Waals surface area (Å²) in [5.41, 5.74) is -0.321. The van der Waals surface area contributed by atoms with Crippen molar-refractivity contribution in [3.63, 3.8) is 0 Å². The van der Waals surface area contributed by atoms with E-state index in [1.807, 2.05) is 5.32 Å². The fourth-order valence-electron chi connectivity index (χ4n) is 3.78. The number of ether oxygens (including phenoxy) is 1. The van der Waals surface area contributed by atoms with Crippen LogP contribution in [0.2, 0.25) is 0 Å². The Labute approximate surface area is 212 Å². The van der Waals surface area contributed by atoms with Crippen LogP contribution in [0.1, 0.15) is 45.2 Å². The molecule has 9 nitrogen and oxygen atoms in total. The molecule has 0 aromatic heterocycles. The predicted molar refractivity (Wildman–Crippen MR) is 125 cm³/mol. The van der Waals surface area contributed by atoms with Crippen LogP contribution < -0.4 is 10.0 Å².